The van der Waals surface area contributed by atoms with E-state index in [1.54, 1.807) is 6.33 Å². The van der Waals surface area contributed by atoms with Gasteiger partial charge in [-0.15, -0.1) is 0 Å². The molecule has 1 aromatic heterocycles. The first-order valence-electron chi connectivity index (χ1n) is 10.2. The molecular formula is C21H28ClN5O. The molecule has 2 saturated heterocycles. The number of nitrogens with zero attached hydrogens (tertiary/aromatic N) is 4. The number of piperidine rings is 1. The van der Waals surface area contributed by atoms with Crippen LogP contribution in [-0.2, 0) is 4.74 Å². The summed E-state index contributed by atoms with van der Waals surface area (Å²) in [5, 5.41) is 4.30. The summed E-state index contributed by atoms with van der Waals surface area (Å²) in [5.41, 5.74) is 1.22. The van der Waals surface area contributed by atoms with Gasteiger partial charge in [-0.05, 0) is 37.0 Å². The molecule has 3 heterocycles. The average molecular weight is 402 g/mol. The molecule has 0 spiro atoms. The molecule has 2 aliphatic rings. The fourth-order valence-electron chi connectivity index (χ4n) is 4.00. The molecule has 1 atom stereocenters. The highest BCUT2D eigenvalue weighted by atomic mass is 35.5. The Hall–Kier alpha value is -1.89. The van der Waals surface area contributed by atoms with Crippen LogP contribution in [0.4, 0.5) is 11.6 Å². The molecule has 7 heteroatoms. The van der Waals surface area contributed by atoms with Gasteiger partial charge in [0, 0.05) is 43.8 Å². The van der Waals surface area contributed by atoms with Gasteiger partial charge in [0.25, 0.3) is 0 Å². The Morgan fingerprint density at radius 1 is 1.04 bits per heavy atom. The summed E-state index contributed by atoms with van der Waals surface area (Å²) in [7, 11) is 0. The second-order valence-electron chi connectivity index (χ2n) is 7.41. The summed E-state index contributed by atoms with van der Waals surface area (Å²) in [6.45, 7) is 6.29. The third kappa shape index (κ3) is 4.93. The smallest absolute Gasteiger partial charge is 0.134 e. The third-order valence-corrected chi connectivity index (χ3v) is 5.76. The zero-order valence-corrected chi connectivity index (χ0v) is 16.9. The molecule has 2 aromatic rings. The average Bonchev–Trinajstić information content (AvgIpc) is 2.76. The van der Waals surface area contributed by atoms with Crippen LogP contribution in [-0.4, -0.2) is 60.8 Å². The Balaban J connectivity index is 1.48. The molecule has 4 rings (SSSR count). The van der Waals surface area contributed by atoms with Crippen molar-refractivity contribution < 1.29 is 4.74 Å². The maximum absolute atomic E-state index is 6.26. The summed E-state index contributed by atoms with van der Waals surface area (Å²) in [6.07, 6.45) is 5.45. The van der Waals surface area contributed by atoms with E-state index in [4.69, 9.17) is 16.3 Å². The highest BCUT2D eigenvalue weighted by molar-refractivity contribution is 6.30. The van der Waals surface area contributed by atoms with Crippen LogP contribution in [0.2, 0.25) is 5.02 Å². The summed E-state index contributed by atoms with van der Waals surface area (Å²) in [4.78, 5) is 13.7. The van der Waals surface area contributed by atoms with E-state index in [0.29, 0.717) is 0 Å². The van der Waals surface area contributed by atoms with Crippen molar-refractivity contribution >= 4 is 23.2 Å². The Kier molecular flexibility index (Phi) is 6.62. The lowest BCUT2D eigenvalue weighted by Gasteiger charge is -2.35. The topological polar surface area (TPSA) is 53.5 Å². The number of benzene rings is 1. The molecule has 150 valence electrons. The number of rotatable bonds is 6. The Bertz CT molecular complexity index is 762. The van der Waals surface area contributed by atoms with Gasteiger partial charge >= 0.3 is 0 Å². The largest absolute Gasteiger partial charge is 0.379 e. The van der Waals surface area contributed by atoms with Gasteiger partial charge in [0.2, 0.25) is 0 Å². The van der Waals surface area contributed by atoms with Crippen LogP contribution in [0.5, 0.6) is 0 Å². The van der Waals surface area contributed by atoms with Crippen molar-refractivity contribution in [1.29, 1.82) is 0 Å². The van der Waals surface area contributed by atoms with Crippen molar-refractivity contribution in [3.63, 3.8) is 0 Å². The second-order valence-corrected chi connectivity index (χ2v) is 7.85. The SMILES string of the molecule is Clc1cccc(C(CNc2cc(N3CCCCC3)ncn2)N2CCOCC2)c1. The second kappa shape index (κ2) is 9.54. The van der Waals surface area contributed by atoms with Crippen LogP contribution < -0.4 is 10.2 Å². The Morgan fingerprint density at radius 3 is 2.64 bits per heavy atom. The predicted octanol–water partition coefficient (Wildman–Crippen LogP) is 3.61. The van der Waals surface area contributed by atoms with Crippen LogP contribution in [0, 0.1) is 0 Å². The molecule has 0 radical (unpaired) electrons. The monoisotopic (exact) mass is 401 g/mol. The van der Waals surface area contributed by atoms with Gasteiger partial charge in [0.1, 0.15) is 18.0 Å². The molecule has 2 fully saturated rings. The van der Waals surface area contributed by atoms with Crippen LogP contribution in [0.15, 0.2) is 36.7 Å². The van der Waals surface area contributed by atoms with Gasteiger partial charge in [0.15, 0.2) is 0 Å². The molecule has 0 aliphatic carbocycles. The minimum atomic E-state index is 0.219. The van der Waals surface area contributed by atoms with Crippen molar-refractivity contribution in [3.8, 4) is 0 Å². The number of ether oxygens (including phenoxy) is 1. The van der Waals surface area contributed by atoms with E-state index in [2.05, 4.69) is 43.3 Å². The molecule has 28 heavy (non-hydrogen) atoms. The number of nitrogens with one attached hydrogen (secondary N) is 1. The number of morpholine rings is 1. The lowest BCUT2D eigenvalue weighted by Crippen LogP contribution is -2.41. The van der Waals surface area contributed by atoms with Crippen molar-refractivity contribution in [1.82, 2.24) is 14.9 Å². The summed E-state index contributed by atoms with van der Waals surface area (Å²) in [5.74, 6) is 1.89. The standard InChI is InChI=1S/C21H28ClN5O/c22-18-6-4-5-17(13-18)19(26-9-11-28-12-10-26)15-23-20-14-21(25-16-24-20)27-7-2-1-3-8-27/h4-6,13-14,16,19H,1-3,7-12,15H2,(H,23,24,25). The minimum absolute atomic E-state index is 0.219. The first kappa shape index (κ1) is 19.4. The fourth-order valence-corrected chi connectivity index (χ4v) is 4.20. The number of anilines is 2. The maximum Gasteiger partial charge on any atom is 0.134 e. The lowest BCUT2D eigenvalue weighted by molar-refractivity contribution is 0.0187. The van der Waals surface area contributed by atoms with E-state index in [9.17, 15) is 0 Å². The van der Waals surface area contributed by atoms with Gasteiger partial charge in [-0.25, -0.2) is 9.97 Å². The maximum atomic E-state index is 6.26. The summed E-state index contributed by atoms with van der Waals surface area (Å²) >= 11 is 6.26. The molecule has 1 N–H and O–H groups in total. The molecule has 6 nitrogen and oxygen atoms in total. The molecule has 1 unspecified atom stereocenters. The van der Waals surface area contributed by atoms with E-state index >= 15 is 0 Å². The van der Waals surface area contributed by atoms with Gasteiger partial charge in [-0.1, -0.05) is 23.7 Å². The number of hydrogen-bond donors (Lipinski definition) is 1. The van der Waals surface area contributed by atoms with Gasteiger partial charge < -0.3 is 15.0 Å². The quantitative estimate of drug-likeness (QED) is 0.798. The van der Waals surface area contributed by atoms with Crippen molar-refractivity contribution in [2.75, 3.05) is 56.2 Å². The lowest BCUT2D eigenvalue weighted by atomic mass is 10.0. The number of hydrogen-bond acceptors (Lipinski definition) is 6. The van der Waals surface area contributed by atoms with E-state index in [1.807, 2.05) is 12.1 Å². The third-order valence-electron chi connectivity index (χ3n) is 5.53. The summed E-state index contributed by atoms with van der Waals surface area (Å²) in [6, 6.07) is 10.4. The fraction of sp³-hybridized carbons (Fsp3) is 0.524. The van der Waals surface area contributed by atoms with Gasteiger partial charge in [-0.3, -0.25) is 4.90 Å². The van der Waals surface area contributed by atoms with E-state index in [-0.39, 0.29) is 6.04 Å². The predicted molar refractivity (Wildman–Crippen MR) is 113 cm³/mol. The van der Waals surface area contributed by atoms with Gasteiger partial charge in [-0.2, -0.15) is 0 Å². The molecule has 2 aliphatic heterocycles. The van der Waals surface area contributed by atoms with Crippen LogP contribution >= 0.6 is 11.6 Å². The molecule has 1 aromatic carbocycles. The Labute approximate surface area is 171 Å². The minimum Gasteiger partial charge on any atom is -0.379 e. The molecule has 0 amide bonds. The zero-order chi connectivity index (χ0) is 19.2. The van der Waals surface area contributed by atoms with Crippen LogP contribution in [0.3, 0.4) is 0 Å². The van der Waals surface area contributed by atoms with Crippen LogP contribution in [0.25, 0.3) is 0 Å². The highest BCUT2D eigenvalue weighted by Gasteiger charge is 2.23. The Morgan fingerprint density at radius 2 is 1.86 bits per heavy atom. The van der Waals surface area contributed by atoms with E-state index in [1.165, 1.54) is 24.8 Å². The first-order chi connectivity index (χ1) is 13.8. The molecular weight excluding hydrogens is 374 g/mol. The first-order valence-corrected chi connectivity index (χ1v) is 10.6. The number of halogens is 1. The summed E-state index contributed by atoms with van der Waals surface area (Å²) < 4.78 is 5.54. The van der Waals surface area contributed by atoms with Crippen LogP contribution in [0.1, 0.15) is 30.9 Å². The van der Waals surface area contributed by atoms with Gasteiger partial charge in [0.05, 0.1) is 19.3 Å². The van der Waals surface area contributed by atoms with E-state index in [0.717, 1.165) is 62.6 Å². The van der Waals surface area contributed by atoms with Crippen molar-refractivity contribution in [2.45, 2.75) is 25.3 Å². The molecule has 0 bridgehead atoms. The van der Waals surface area contributed by atoms with Crippen molar-refractivity contribution in [3.05, 3.63) is 47.2 Å². The normalized spacial score (nSPS) is 19.4. The van der Waals surface area contributed by atoms with E-state index < -0.39 is 0 Å². The highest BCUT2D eigenvalue weighted by Crippen LogP contribution is 2.25. The zero-order valence-electron chi connectivity index (χ0n) is 16.2. The number of aromatic nitrogens is 2. The van der Waals surface area contributed by atoms with Crippen molar-refractivity contribution in [2.24, 2.45) is 0 Å². The molecule has 0 saturated carbocycles.